The number of phenolic OH excluding ortho intramolecular Hbond substituents is 1. The molecule has 0 heterocycles. The summed E-state index contributed by atoms with van der Waals surface area (Å²) in [7, 11) is 2.74. The van der Waals surface area contributed by atoms with Crippen molar-refractivity contribution in [3.05, 3.63) is 59.7 Å². The van der Waals surface area contributed by atoms with Crippen molar-refractivity contribution in [3.8, 4) is 23.0 Å². The molecule has 9 heteroatoms. The zero-order chi connectivity index (χ0) is 25.1. The van der Waals surface area contributed by atoms with E-state index in [1.165, 1.54) is 56.7 Å². The van der Waals surface area contributed by atoms with Crippen LogP contribution in [0.4, 0.5) is 0 Å². The highest BCUT2D eigenvalue weighted by molar-refractivity contribution is 6.29. The Kier molecular flexibility index (Phi) is 9.45. The molecule has 9 nitrogen and oxygen atoms in total. The third kappa shape index (κ3) is 7.56. The Bertz CT molecular complexity index is 1160. The van der Waals surface area contributed by atoms with Crippen LogP contribution in [-0.4, -0.2) is 48.9 Å². The number of hydrogen-bond acceptors (Lipinski definition) is 9. The molecule has 2 aromatic carbocycles. The summed E-state index contributed by atoms with van der Waals surface area (Å²) in [6.45, 7) is 0. The van der Waals surface area contributed by atoms with Crippen LogP contribution in [0.25, 0.3) is 12.2 Å². The Balaban J connectivity index is 2.08. The SMILES string of the molecule is COc1cc(C=CC(=O)CC(=O)C=Cc2cccc(OC)c2OC(=O)CC(=O)C=O)ccc1O. The number of phenols is 1. The van der Waals surface area contributed by atoms with Gasteiger partial charge >= 0.3 is 5.97 Å². The predicted molar refractivity (Wildman–Crippen MR) is 122 cm³/mol. The Morgan fingerprint density at radius 2 is 1.53 bits per heavy atom. The summed E-state index contributed by atoms with van der Waals surface area (Å²) in [5.41, 5.74) is 0.890. The molecule has 2 aromatic rings. The minimum absolute atomic E-state index is 0.0204. The Labute approximate surface area is 195 Å². The first kappa shape index (κ1) is 25.7. The number of ether oxygens (including phenoxy) is 3. The van der Waals surface area contributed by atoms with Crippen LogP contribution in [0.15, 0.2) is 48.6 Å². The van der Waals surface area contributed by atoms with Gasteiger partial charge in [0.25, 0.3) is 0 Å². The molecule has 0 unspecified atom stereocenters. The normalized spacial score (nSPS) is 10.8. The molecule has 34 heavy (non-hydrogen) atoms. The number of hydrogen-bond donors (Lipinski definition) is 1. The molecule has 0 aliphatic rings. The number of esters is 1. The summed E-state index contributed by atoms with van der Waals surface area (Å²) in [5, 5.41) is 9.60. The first-order chi connectivity index (χ1) is 16.3. The van der Waals surface area contributed by atoms with Crippen LogP contribution in [0.5, 0.6) is 23.0 Å². The molecule has 0 saturated carbocycles. The van der Waals surface area contributed by atoms with Gasteiger partial charge in [-0.25, -0.2) is 0 Å². The Morgan fingerprint density at radius 3 is 2.18 bits per heavy atom. The zero-order valence-corrected chi connectivity index (χ0v) is 18.5. The zero-order valence-electron chi connectivity index (χ0n) is 18.5. The summed E-state index contributed by atoms with van der Waals surface area (Å²) in [6, 6.07) is 9.18. The van der Waals surface area contributed by atoms with E-state index in [2.05, 4.69) is 0 Å². The number of aldehydes is 1. The van der Waals surface area contributed by atoms with Crippen LogP contribution in [0, 0.1) is 0 Å². The third-order valence-electron chi connectivity index (χ3n) is 4.36. The van der Waals surface area contributed by atoms with E-state index in [9.17, 15) is 29.1 Å². The van der Waals surface area contributed by atoms with Crippen molar-refractivity contribution < 1.29 is 43.3 Å². The van der Waals surface area contributed by atoms with Gasteiger partial charge in [-0.05, 0) is 42.0 Å². The van der Waals surface area contributed by atoms with Gasteiger partial charge < -0.3 is 19.3 Å². The van der Waals surface area contributed by atoms with Gasteiger partial charge in [0.05, 0.1) is 20.6 Å². The van der Waals surface area contributed by atoms with Gasteiger partial charge in [-0.1, -0.05) is 24.3 Å². The van der Waals surface area contributed by atoms with E-state index in [0.29, 0.717) is 11.1 Å². The van der Waals surface area contributed by atoms with E-state index >= 15 is 0 Å². The second-order valence-corrected chi connectivity index (χ2v) is 6.82. The summed E-state index contributed by atoms with van der Waals surface area (Å²) in [4.78, 5) is 57.9. The first-order valence-corrected chi connectivity index (χ1v) is 9.92. The molecule has 0 bridgehead atoms. The van der Waals surface area contributed by atoms with Gasteiger partial charge in [0.1, 0.15) is 6.42 Å². The van der Waals surface area contributed by atoms with Gasteiger partial charge in [0, 0.05) is 5.56 Å². The van der Waals surface area contributed by atoms with E-state index in [4.69, 9.17) is 14.2 Å². The van der Waals surface area contributed by atoms with Crippen LogP contribution in [0.2, 0.25) is 0 Å². The molecule has 0 atom stereocenters. The highest BCUT2D eigenvalue weighted by Crippen LogP contribution is 2.32. The van der Waals surface area contributed by atoms with Crippen LogP contribution < -0.4 is 14.2 Å². The molecule has 2 rings (SSSR count). The number of benzene rings is 2. The van der Waals surface area contributed by atoms with E-state index in [-0.39, 0.29) is 29.3 Å². The number of aromatic hydroxyl groups is 1. The number of rotatable bonds is 12. The standard InChI is InChI=1S/C25H22O9/c1-32-22-5-3-4-17(25(22)34-24(31)14-20(29)15-26)8-10-19(28)13-18(27)9-6-16-7-11-21(30)23(12-16)33-2/h3-12,15,30H,13-14H2,1-2H3. The molecule has 1 N–H and O–H groups in total. The van der Waals surface area contributed by atoms with Crippen molar-refractivity contribution in [2.45, 2.75) is 12.8 Å². The Hall–Kier alpha value is -4.53. The van der Waals surface area contributed by atoms with E-state index in [1.54, 1.807) is 12.1 Å². The number of allylic oxidation sites excluding steroid dienone is 2. The van der Waals surface area contributed by atoms with Crippen molar-refractivity contribution in [3.63, 3.8) is 0 Å². The first-order valence-electron chi connectivity index (χ1n) is 9.92. The fraction of sp³-hybridized carbons (Fsp3) is 0.160. The topological polar surface area (TPSA) is 133 Å². The lowest BCUT2D eigenvalue weighted by molar-refractivity contribution is -0.140. The van der Waals surface area contributed by atoms with Crippen molar-refractivity contribution in [2.24, 2.45) is 0 Å². The molecule has 0 spiro atoms. The van der Waals surface area contributed by atoms with Gasteiger partial charge in [-0.15, -0.1) is 0 Å². The van der Waals surface area contributed by atoms with Crippen LogP contribution in [0.1, 0.15) is 24.0 Å². The molecule has 0 aliphatic carbocycles. The number of carbonyl (C=O) groups excluding carboxylic acids is 5. The van der Waals surface area contributed by atoms with E-state index in [0.717, 1.165) is 6.08 Å². The minimum Gasteiger partial charge on any atom is -0.504 e. The maximum absolute atomic E-state index is 12.2. The highest BCUT2D eigenvalue weighted by atomic mass is 16.6. The maximum atomic E-state index is 12.2. The fourth-order valence-electron chi connectivity index (χ4n) is 2.73. The van der Waals surface area contributed by atoms with Crippen molar-refractivity contribution >= 4 is 41.8 Å². The second-order valence-electron chi connectivity index (χ2n) is 6.82. The molecule has 0 saturated heterocycles. The van der Waals surface area contributed by atoms with Crippen LogP contribution in [-0.2, 0) is 24.0 Å². The average molecular weight is 466 g/mol. The van der Waals surface area contributed by atoms with Crippen molar-refractivity contribution in [2.75, 3.05) is 14.2 Å². The highest BCUT2D eigenvalue weighted by Gasteiger charge is 2.16. The van der Waals surface area contributed by atoms with E-state index < -0.39 is 36.2 Å². The number of ketones is 3. The lowest BCUT2D eigenvalue weighted by Crippen LogP contribution is -2.15. The number of carbonyl (C=O) groups is 5. The molecular weight excluding hydrogens is 444 g/mol. The smallest absolute Gasteiger partial charge is 0.319 e. The van der Waals surface area contributed by atoms with Gasteiger partial charge in [0.2, 0.25) is 5.78 Å². The molecule has 0 radical (unpaired) electrons. The van der Waals surface area contributed by atoms with Gasteiger partial charge in [0.15, 0.2) is 40.9 Å². The van der Waals surface area contributed by atoms with E-state index in [1.807, 2.05) is 0 Å². The lowest BCUT2D eigenvalue weighted by Gasteiger charge is -2.11. The number of methoxy groups -OCH3 is 2. The predicted octanol–water partition coefficient (Wildman–Crippen LogP) is 2.73. The summed E-state index contributed by atoms with van der Waals surface area (Å²) >= 11 is 0. The quantitative estimate of drug-likeness (QED) is 0.125. The largest absolute Gasteiger partial charge is 0.504 e. The average Bonchev–Trinajstić information content (AvgIpc) is 2.82. The van der Waals surface area contributed by atoms with Crippen molar-refractivity contribution in [1.29, 1.82) is 0 Å². The molecular formula is C25H22O9. The molecule has 176 valence electrons. The minimum atomic E-state index is -0.964. The monoisotopic (exact) mass is 466 g/mol. The summed E-state index contributed by atoms with van der Waals surface area (Å²) in [5.74, 6) is -2.52. The van der Waals surface area contributed by atoms with Crippen molar-refractivity contribution in [1.82, 2.24) is 0 Å². The molecule has 0 fully saturated rings. The van der Waals surface area contributed by atoms with Crippen LogP contribution in [0.3, 0.4) is 0 Å². The maximum Gasteiger partial charge on any atom is 0.319 e. The third-order valence-corrected chi connectivity index (χ3v) is 4.36. The van der Waals surface area contributed by atoms with Gasteiger partial charge in [-0.2, -0.15) is 0 Å². The van der Waals surface area contributed by atoms with Gasteiger partial charge in [-0.3, -0.25) is 24.0 Å². The molecule has 0 amide bonds. The molecule has 0 aromatic heterocycles. The Morgan fingerprint density at radius 1 is 0.853 bits per heavy atom. The van der Waals surface area contributed by atoms with Crippen LogP contribution >= 0.6 is 0 Å². The molecule has 0 aliphatic heterocycles. The second kappa shape index (κ2) is 12.5. The number of para-hydroxylation sites is 1. The lowest BCUT2D eigenvalue weighted by atomic mass is 10.1. The fourth-order valence-corrected chi connectivity index (χ4v) is 2.73. The summed E-state index contributed by atoms with van der Waals surface area (Å²) < 4.78 is 15.3. The summed E-state index contributed by atoms with van der Waals surface area (Å²) in [6.07, 6.45) is 4.09. The number of Topliss-reactive ketones (excluding diaryl/α,β-unsaturated/α-hetero) is 1.